The Hall–Kier alpha value is -5.16. The molecule has 16 heteroatoms. The van der Waals surface area contributed by atoms with Crippen molar-refractivity contribution < 1.29 is 72.5 Å². The Morgan fingerprint density at radius 2 is 1.52 bits per heavy atom. The third-order valence-corrected chi connectivity index (χ3v) is 14.7. The maximum atomic E-state index is 15.2. The number of carbonyl (C=O) groups excluding carboxylic acids is 6. The summed E-state index contributed by atoms with van der Waals surface area (Å²) >= 11 is 0. The van der Waals surface area contributed by atoms with Gasteiger partial charge in [-0.05, 0) is 76.3 Å². The number of ether oxygens (including phenoxy) is 6. The van der Waals surface area contributed by atoms with E-state index in [0.29, 0.717) is 18.4 Å². The molecule has 358 valence electrons. The lowest BCUT2D eigenvalue weighted by Crippen LogP contribution is -2.81. The van der Waals surface area contributed by atoms with Gasteiger partial charge in [-0.2, -0.15) is 0 Å². The second-order valence-corrected chi connectivity index (χ2v) is 20.3. The largest absolute Gasteiger partial charge is 0.455 e. The second kappa shape index (κ2) is 18.1. The van der Waals surface area contributed by atoms with Gasteiger partial charge in [0.25, 0.3) is 0 Å². The lowest BCUT2D eigenvalue weighted by atomic mass is 9.44. The minimum Gasteiger partial charge on any atom is -0.455 e. The molecule has 7 rings (SSSR count). The van der Waals surface area contributed by atoms with Gasteiger partial charge in [-0.25, -0.2) is 14.4 Å². The van der Waals surface area contributed by atoms with Crippen molar-refractivity contribution in [1.82, 2.24) is 5.32 Å². The van der Waals surface area contributed by atoms with Gasteiger partial charge in [0.05, 0.1) is 35.5 Å². The van der Waals surface area contributed by atoms with Crippen LogP contribution < -0.4 is 5.32 Å². The minimum atomic E-state index is -2.39. The fourth-order valence-corrected chi connectivity index (χ4v) is 11.2. The fraction of sp³-hybridized carbons (Fsp3) is 0.600. The molecule has 3 saturated carbocycles. The van der Waals surface area contributed by atoms with Crippen molar-refractivity contribution in [2.24, 2.45) is 22.7 Å². The number of aliphatic hydroxyl groups excluding tert-OH is 2. The average molecular weight is 918 g/mol. The highest BCUT2D eigenvalue weighted by Crippen LogP contribution is 2.64. The Labute approximate surface area is 384 Å². The molecule has 1 saturated heterocycles. The Morgan fingerprint density at radius 3 is 2.09 bits per heavy atom. The third-order valence-electron chi connectivity index (χ3n) is 14.7. The first-order valence-corrected chi connectivity index (χ1v) is 22.8. The molecule has 11 atom stereocenters. The van der Waals surface area contributed by atoms with Crippen molar-refractivity contribution >= 4 is 35.8 Å². The molecule has 4 fully saturated rings. The molecule has 2 aromatic rings. The van der Waals surface area contributed by atoms with Crippen molar-refractivity contribution in [2.45, 2.75) is 160 Å². The zero-order chi connectivity index (χ0) is 48.1. The van der Waals surface area contributed by atoms with E-state index >= 15 is 9.59 Å². The quantitative estimate of drug-likeness (QED) is 0.133. The predicted molar refractivity (Wildman–Crippen MR) is 234 cm³/mol. The van der Waals surface area contributed by atoms with Crippen LogP contribution in [0.5, 0.6) is 0 Å². The van der Waals surface area contributed by atoms with E-state index in [4.69, 9.17) is 28.4 Å². The lowest BCUT2D eigenvalue weighted by Gasteiger charge is -2.67. The van der Waals surface area contributed by atoms with Crippen LogP contribution in [0, 0.1) is 22.7 Å². The second-order valence-electron chi connectivity index (χ2n) is 20.3. The summed E-state index contributed by atoms with van der Waals surface area (Å²) in [6.45, 7) is 11.9. The molecule has 0 unspecified atom stereocenters. The molecule has 4 aliphatic carbocycles. The summed E-state index contributed by atoms with van der Waals surface area (Å²) in [6.07, 6.45) is -7.89. The van der Waals surface area contributed by atoms with Crippen LogP contribution in [-0.2, 0) is 47.6 Å². The predicted octanol–water partition coefficient (Wildman–Crippen LogP) is 5.39. The Balaban J connectivity index is 1.38. The number of carbonyl (C=O) groups is 6. The van der Waals surface area contributed by atoms with Gasteiger partial charge in [-0.15, -0.1) is 0 Å². The first-order chi connectivity index (χ1) is 31.0. The van der Waals surface area contributed by atoms with E-state index in [1.807, 2.05) is 0 Å². The summed E-state index contributed by atoms with van der Waals surface area (Å²) in [4.78, 5) is 85.1. The van der Waals surface area contributed by atoms with Crippen molar-refractivity contribution in [3.8, 4) is 0 Å². The standard InChI is InChI=1S/C50H63NO15/c1-27-32(62-44(58)38(63-42(56)30-20-14-10-15-21-30)36(29-18-12-9-13-19-29)51-45(59)66-46(3,4)5)25-50(60)41(64-43(57)31-22-16-11-17-23-31)39-48(8,40(55)37(54)35(27)47(50,6)7)33(53)24-34-49(39,26-61-34)65-28(2)52/h9,11-13,16-19,22-23,30,32-34,36-39,41,53-54,60H,10,14-15,20-21,24-26H2,1-8H3,(H,51,59)/t32-,33-,34+,36-,37+,38+,39-,41-,48+,49-,50+/m0/s1. The Bertz CT molecular complexity index is 2230. The monoisotopic (exact) mass is 917 g/mol. The highest BCUT2D eigenvalue weighted by atomic mass is 16.6. The maximum absolute atomic E-state index is 15.2. The molecule has 0 spiro atoms. The molecule has 1 amide bonds. The van der Waals surface area contributed by atoms with Crippen LogP contribution in [0.1, 0.15) is 122 Å². The number of Topliss-reactive ketones (excluding diaryl/α,β-unsaturated/α-hetero) is 1. The zero-order valence-electron chi connectivity index (χ0n) is 38.9. The molecule has 0 radical (unpaired) electrons. The van der Waals surface area contributed by atoms with Gasteiger partial charge >= 0.3 is 30.0 Å². The highest BCUT2D eigenvalue weighted by Gasteiger charge is 2.78. The summed E-state index contributed by atoms with van der Waals surface area (Å²) in [5, 5.41) is 40.9. The summed E-state index contributed by atoms with van der Waals surface area (Å²) < 4.78 is 36.4. The third kappa shape index (κ3) is 8.65. The normalized spacial score (nSPS) is 32.6. The molecule has 1 aliphatic heterocycles. The smallest absolute Gasteiger partial charge is 0.408 e. The topological polar surface area (TPSA) is 231 Å². The molecule has 0 aromatic heterocycles. The molecule has 2 aromatic carbocycles. The van der Waals surface area contributed by atoms with Crippen LogP contribution in [0.25, 0.3) is 0 Å². The van der Waals surface area contributed by atoms with Gasteiger partial charge in [0.1, 0.15) is 41.7 Å². The van der Waals surface area contributed by atoms with Crippen molar-refractivity contribution in [2.75, 3.05) is 6.61 Å². The number of hydrogen-bond acceptors (Lipinski definition) is 15. The van der Waals surface area contributed by atoms with Crippen LogP contribution in [-0.4, -0.2) is 111 Å². The number of aliphatic hydroxyl groups is 3. The van der Waals surface area contributed by atoms with Crippen molar-refractivity contribution in [3.63, 3.8) is 0 Å². The van der Waals surface area contributed by atoms with E-state index in [2.05, 4.69) is 5.32 Å². The average Bonchev–Trinajstić information content (AvgIpc) is 3.26. The van der Waals surface area contributed by atoms with Crippen LogP contribution in [0.4, 0.5) is 4.79 Å². The Morgan fingerprint density at radius 1 is 0.894 bits per heavy atom. The number of esters is 4. The zero-order valence-corrected chi connectivity index (χ0v) is 38.9. The number of amides is 1. The van der Waals surface area contributed by atoms with Crippen LogP contribution in [0.3, 0.4) is 0 Å². The van der Waals surface area contributed by atoms with Gasteiger partial charge in [0.15, 0.2) is 11.4 Å². The van der Waals surface area contributed by atoms with Gasteiger partial charge in [0, 0.05) is 25.2 Å². The van der Waals surface area contributed by atoms with E-state index in [0.717, 1.165) is 26.2 Å². The number of nitrogens with one attached hydrogen (secondary N) is 1. The van der Waals surface area contributed by atoms with Gasteiger partial charge in [-0.1, -0.05) is 81.6 Å². The first-order valence-electron chi connectivity index (χ1n) is 22.8. The van der Waals surface area contributed by atoms with Crippen molar-refractivity contribution in [1.29, 1.82) is 0 Å². The van der Waals surface area contributed by atoms with E-state index in [1.165, 1.54) is 26.0 Å². The van der Waals surface area contributed by atoms with E-state index in [-0.39, 0.29) is 29.7 Å². The SMILES string of the molecule is CC(=O)O[C@@]12CO[C@@H]1C[C@H](O)[C@@]1(C)C(=O)[C@H](O)C3=C(C)[C@@H](OC(=O)[C@H](OC(=O)C4CCCCC4)[C@@H](NC(=O)OC(C)(C)C)c4ccccc4)C[C@@](O)([C@@H](OC(=O)c4ccccc4)[C@H]21)C3(C)C. The first kappa shape index (κ1) is 48.8. The van der Waals surface area contributed by atoms with E-state index in [1.54, 1.807) is 83.1 Å². The Kier molecular flexibility index (Phi) is 13.4. The molecule has 1 heterocycles. The van der Waals surface area contributed by atoms with E-state index in [9.17, 15) is 34.5 Å². The van der Waals surface area contributed by atoms with E-state index < -0.39 is 124 Å². The fourth-order valence-electron chi connectivity index (χ4n) is 11.2. The summed E-state index contributed by atoms with van der Waals surface area (Å²) in [7, 11) is 0. The number of fused-ring (bicyclic) bond motifs is 5. The van der Waals surface area contributed by atoms with Gasteiger partial charge in [0.2, 0.25) is 6.10 Å². The summed E-state index contributed by atoms with van der Waals surface area (Å²) in [6, 6.07) is 14.9. The maximum Gasteiger partial charge on any atom is 0.408 e. The molecule has 66 heavy (non-hydrogen) atoms. The highest BCUT2D eigenvalue weighted by molar-refractivity contribution is 5.94. The molecule has 5 aliphatic rings. The molecule has 2 bridgehead atoms. The minimum absolute atomic E-state index is 0.0672. The van der Waals surface area contributed by atoms with Crippen LogP contribution in [0.15, 0.2) is 71.8 Å². The number of ketones is 1. The van der Waals surface area contributed by atoms with Gasteiger partial charge < -0.3 is 49.1 Å². The number of alkyl carbamates (subject to hydrolysis) is 1. The summed E-state index contributed by atoms with van der Waals surface area (Å²) in [5.74, 6) is -6.52. The van der Waals surface area contributed by atoms with Crippen LogP contribution in [0.2, 0.25) is 0 Å². The van der Waals surface area contributed by atoms with Gasteiger partial charge in [-0.3, -0.25) is 14.4 Å². The number of hydrogen-bond donors (Lipinski definition) is 4. The number of benzene rings is 2. The molecular weight excluding hydrogens is 855 g/mol. The lowest BCUT2D eigenvalue weighted by molar-refractivity contribution is -0.346. The summed E-state index contributed by atoms with van der Waals surface area (Å²) in [5.41, 5.74) is -8.27. The molecular formula is C50H63NO15. The number of rotatable bonds is 10. The molecule has 4 N–H and O–H groups in total. The van der Waals surface area contributed by atoms with Crippen LogP contribution >= 0.6 is 0 Å². The van der Waals surface area contributed by atoms with Crippen molar-refractivity contribution in [3.05, 3.63) is 82.9 Å². The molecule has 16 nitrogen and oxygen atoms in total.